The smallest absolute Gasteiger partial charge is 0.340 e. The van der Waals surface area contributed by atoms with E-state index in [0.717, 1.165) is 0 Å². The van der Waals surface area contributed by atoms with Crippen LogP contribution in [0.1, 0.15) is 6.42 Å². The van der Waals surface area contributed by atoms with Gasteiger partial charge in [-0.1, -0.05) is 0 Å². The molecular formula is C9H9BrF3N3. The number of alkyl halides is 3. The minimum Gasteiger partial charge on any atom is -0.340 e. The van der Waals surface area contributed by atoms with Gasteiger partial charge < -0.3 is 4.90 Å². The predicted molar refractivity (Wildman–Crippen MR) is 56.1 cm³/mol. The number of hydrogen-bond donors (Lipinski definition) is 0. The van der Waals surface area contributed by atoms with E-state index < -0.39 is 12.1 Å². The molecule has 1 aromatic heterocycles. The summed E-state index contributed by atoms with van der Waals surface area (Å²) in [5.41, 5.74) is 0. The number of nitrogens with zero attached hydrogens (tertiary/aromatic N) is 3. The van der Waals surface area contributed by atoms with Crippen molar-refractivity contribution >= 4 is 21.9 Å². The quantitative estimate of drug-likeness (QED) is 0.797. The Morgan fingerprint density at radius 3 is 2.44 bits per heavy atom. The maximum atomic E-state index is 12.4. The van der Waals surface area contributed by atoms with Gasteiger partial charge in [0.05, 0.1) is 10.4 Å². The summed E-state index contributed by atoms with van der Waals surface area (Å²) in [5, 5.41) is 0. The zero-order chi connectivity index (χ0) is 11.8. The molecule has 0 N–H and O–H groups in total. The van der Waals surface area contributed by atoms with Gasteiger partial charge in [-0.25, -0.2) is 9.97 Å². The van der Waals surface area contributed by atoms with Gasteiger partial charge in [-0.15, -0.1) is 0 Å². The van der Waals surface area contributed by atoms with Crippen molar-refractivity contribution in [2.45, 2.75) is 12.6 Å². The van der Waals surface area contributed by atoms with Crippen LogP contribution in [0.5, 0.6) is 0 Å². The number of aromatic nitrogens is 2. The van der Waals surface area contributed by atoms with Crippen LogP contribution in [0, 0.1) is 5.92 Å². The fourth-order valence-corrected chi connectivity index (χ4v) is 1.88. The average molecular weight is 296 g/mol. The lowest BCUT2D eigenvalue weighted by molar-refractivity contribution is -0.168. The summed E-state index contributed by atoms with van der Waals surface area (Å²) in [5.74, 6) is -0.908. The molecule has 0 aromatic carbocycles. The molecule has 0 aliphatic carbocycles. The molecule has 88 valence electrons. The summed E-state index contributed by atoms with van der Waals surface area (Å²) in [6.07, 6.45) is -0.945. The van der Waals surface area contributed by atoms with Crippen molar-refractivity contribution in [1.29, 1.82) is 0 Å². The van der Waals surface area contributed by atoms with Crippen LogP contribution in [-0.4, -0.2) is 29.2 Å². The summed E-state index contributed by atoms with van der Waals surface area (Å²) in [4.78, 5) is 9.51. The first-order chi connectivity index (χ1) is 7.47. The highest BCUT2D eigenvalue weighted by atomic mass is 79.9. The molecule has 0 amide bonds. The first kappa shape index (κ1) is 11.6. The molecule has 7 heteroatoms. The SMILES string of the molecule is FC(F)(F)C1CCN(c2ncc(Br)cn2)C1. The van der Waals surface area contributed by atoms with Crippen molar-refractivity contribution in [3.63, 3.8) is 0 Å². The monoisotopic (exact) mass is 295 g/mol. The Morgan fingerprint density at radius 2 is 1.94 bits per heavy atom. The molecule has 1 aromatic rings. The molecule has 0 radical (unpaired) electrons. The van der Waals surface area contributed by atoms with Crippen LogP contribution in [0.25, 0.3) is 0 Å². The van der Waals surface area contributed by atoms with Gasteiger partial charge in [0, 0.05) is 25.5 Å². The lowest BCUT2D eigenvalue weighted by Gasteiger charge is -2.17. The van der Waals surface area contributed by atoms with Gasteiger partial charge in [-0.3, -0.25) is 0 Å². The van der Waals surface area contributed by atoms with Crippen LogP contribution < -0.4 is 4.90 Å². The van der Waals surface area contributed by atoms with Gasteiger partial charge >= 0.3 is 6.18 Å². The highest BCUT2D eigenvalue weighted by Gasteiger charge is 2.44. The molecule has 2 heterocycles. The second-order valence-corrected chi connectivity index (χ2v) is 4.59. The molecule has 0 bridgehead atoms. The second-order valence-electron chi connectivity index (χ2n) is 3.67. The number of halogens is 4. The van der Waals surface area contributed by atoms with Gasteiger partial charge in [-0.2, -0.15) is 13.2 Å². The molecule has 1 saturated heterocycles. The Morgan fingerprint density at radius 1 is 1.31 bits per heavy atom. The van der Waals surface area contributed by atoms with Gasteiger partial charge in [0.1, 0.15) is 0 Å². The van der Waals surface area contributed by atoms with E-state index in [2.05, 4.69) is 25.9 Å². The van der Waals surface area contributed by atoms with Gasteiger partial charge in [-0.05, 0) is 22.4 Å². The fourth-order valence-electron chi connectivity index (χ4n) is 1.68. The molecule has 1 aliphatic heterocycles. The number of rotatable bonds is 1. The molecule has 1 fully saturated rings. The summed E-state index contributed by atoms with van der Waals surface area (Å²) in [6.45, 7) is 0.303. The minimum absolute atomic E-state index is 0.0505. The topological polar surface area (TPSA) is 29.0 Å². The molecular weight excluding hydrogens is 287 g/mol. The normalized spacial score (nSPS) is 21.5. The van der Waals surface area contributed by atoms with Crippen LogP contribution in [0.2, 0.25) is 0 Å². The molecule has 1 aliphatic rings. The first-order valence-corrected chi connectivity index (χ1v) is 5.55. The summed E-state index contributed by atoms with van der Waals surface area (Å²) >= 11 is 3.17. The Labute approximate surface area is 98.8 Å². The lowest BCUT2D eigenvalue weighted by atomic mass is 10.1. The molecule has 3 nitrogen and oxygen atoms in total. The third-order valence-corrected chi connectivity index (χ3v) is 2.95. The molecule has 0 spiro atoms. The zero-order valence-electron chi connectivity index (χ0n) is 8.21. The highest BCUT2D eigenvalue weighted by molar-refractivity contribution is 9.10. The Kier molecular flexibility index (Phi) is 3.05. The Bertz CT molecular complexity index is 365. The van der Waals surface area contributed by atoms with E-state index in [-0.39, 0.29) is 13.0 Å². The van der Waals surface area contributed by atoms with Crippen molar-refractivity contribution in [2.24, 2.45) is 5.92 Å². The minimum atomic E-state index is -4.12. The van der Waals surface area contributed by atoms with Crippen LogP contribution in [-0.2, 0) is 0 Å². The van der Waals surface area contributed by atoms with Crippen molar-refractivity contribution in [2.75, 3.05) is 18.0 Å². The second kappa shape index (κ2) is 4.20. The molecule has 0 saturated carbocycles. The number of hydrogen-bond acceptors (Lipinski definition) is 3. The van der Waals surface area contributed by atoms with E-state index in [1.807, 2.05) is 0 Å². The summed E-state index contributed by atoms with van der Waals surface area (Å²) < 4.78 is 38.0. The first-order valence-electron chi connectivity index (χ1n) is 4.76. The maximum absolute atomic E-state index is 12.4. The summed E-state index contributed by atoms with van der Waals surface area (Å²) in [7, 11) is 0. The van der Waals surface area contributed by atoms with Gasteiger partial charge in [0.15, 0.2) is 0 Å². The molecule has 1 atom stereocenters. The lowest BCUT2D eigenvalue weighted by Crippen LogP contribution is -2.28. The molecule has 16 heavy (non-hydrogen) atoms. The molecule has 1 unspecified atom stereocenters. The molecule has 2 rings (SSSR count). The number of anilines is 1. The van der Waals surface area contributed by atoms with Crippen LogP contribution in [0.3, 0.4) is 0 Å². The van der Waals surface area contributed by atoms with E-state index in [1.165, 1.54) is 12.4 Å². The van der Waals surface area contributed by atoms with E-state index in [4.69, 9.17) is 0 Å². The van der Waals surface area contributed by atoms with Crippen molar-refractivity contribution in [3.05, 3.63) is 16.9 Å². The van der Waals surface area contributed by atoms with Crippen molar-refractivity contribution in [1.82, 2.24) is 9.97 Å². The van der Waals surface area contributed by atoms with Crippen molar-refractivity contribution < 1.29 is 13.2 Å². The van der Waals surface area contributed by atoms with E-state index >= 15 is 0 Å². The maximum Gasteiger partial charge on any atom is 0.393 e. The largest absolute Gasteiger partial charge is 0.393 e. The third kappa shape index (κ3) is 2.45. The Hall–Kier alpha value is -0.850. The zero-order valence-corrected chi connectivity index (χ0v) is 9.79. The highest BCUT2D eigenvalue weighted by Crippen LogP contribution is 2.34. The van der Waals surface area contributed by atoms with E-state index in [0.29, 0.717) is 17.0 Å². The van der Waals surface area contributed by atoms with Gasteiger partial charge in [0.25, 0.3) is 0 Å². The predicted octanol–water partition coefficient (Wildman–Crippen LogP) is 2.63. The van der Waals surface area contributed by atoms with Crippen LogP contribution in [0.15, 0.2) is 16.9 Å². The average Bonchev–Trinajstić information content (AvgIpc) is 2.67. The van der Waals surface area contributed by atoms with Crippen molar-refractivity contribution in [3.8, 4) is 0 Å². The van der Waals surface area contributed by atoms with Gasteiger partial charge in [0.2, 0.25) is 5.95 Å². The van der Waals surface area contributed by atoms with E-state index in [1.54, 1.807) is 4.90 Å². The van der Waals surface area contributed by atoms with Crippen LogP contribution >= 0.6 is 15.9 Å². The summed E-state index contributed by atoms with van der Waals surface area (Å²) in [6, 6.07) is 0. The third-order valence-electron chi connectivity index (χ3n) is 2.54. The Balaban J connectivity index is 2.06. The standard InChI is InChI=1S/C9H9BrF3N3/c10-7-3-14-8(15-4-7)16-2-1-6(5-16)9(11,12)13/h3-4,6H,1-2,5H2. The van der Waals surface area contributed by atoms with E-state index in [9.17, 15) is 13.2 Å². The fraction of sp³-hybridized carbons (Fsp3) is 0.556. The van der Waals surface area contributed by atoms with Crippen LogP contribution in [0.4, 0.5) is 19.1 Å².